The Hall–Kier alpha value is -1.12. The van der Waals surface area contributed by atoms with Crippen molar-refractivity contribution >= 4 is 6.21 Å². The first kappa shape index (κ1) is 7.98. The summed E-state index contributed by atoms with van der Waals surface area (Å²) in [5.41, 5.74) is 0.963. The minimum atomic E-state index is 0.401. The number of rotatable bonds is 3. The lowest BCUT2D eigenvalue weighted by atomic mass is 10.3. The molecular weight excluding hydrogens is 138 g/mol. The van der Waals surface area contributed by atoms with Crippen molar-refractivity contribution in [3.63, 3.8) is 0 Å². The van der Waals surface area contributed by atoms with E-state index in [0.717, 1.165) is 12.1 Å². The number of nitrogens with zero attached hydrogens (tertiary/aromatic N) is 2. The van der Waals surface area contributed by atoms with Crippen molar-refractivity contribution in [2.75, 3.05) is 0 Å². The van der Waals surface area contributed by atoms with E-state index in [0.29, 0.717) is 6.04 Å². The van der Waals surface area contributed by atoms with E-state index in [1.807, 2.05) is 6.21 Å². The highest BCUT2D eigenvalue weighted by molar-refractivity contribution is 5.76. The van der Waals surface area contributed by atoms with Gasteiger partial charge in [-0.1, -0.05) is 6.92 Å². The van der Waals surface area contributed by atoms with Gasteiger partial charge < -0.3 is 4.98 Å². The summed E-state index contributed by atoms with van der Waals surface area (Å²) in [4.78, 5) is 11.1. The Kier molecular flexibility index (Phi) is 2.83. The lowest BCUT2D eigenvalue weighted by Crippen LogP contribution is -1.95. The largest absolute Gasteiger partial charge is 0.344 e. The van der Waals surface area contributed by atoms with Crippen molar-refractivity contribution in [3.05, 3.63) is 18.2 Å². The zero-order valence-corrected chi connectivity index (χ0v) is 6.91. The van der Waals surface area contributed by atoms with Gasteiger partial charge in [-0.15, -0.1) is 0 Å². The first-order chi connectivity index (χ1) is 5.33. The first-order valence-electron chi connectivity index (χ1n) is 3.84. The maximum absolute atomic E-state index is 4.29. The van der Waals surface area contributed by atoms with Crippen LogP contribution in [0.15, 0.2) is 17.5 Å². The third-order valence-electron chi connectivity index (χ3n) is 1.58. The van der Waals surface area contributed by atoms with Crippen LogP contribution in [0.2, 0.25) is 0 Å². The van der Waals surface area contributed by atoms with Crippen LogP contribution < -0.4 is 0 Å². The molecule has 0 aromatic carbocycles. The van der Waals surface area contributed by atoms with E-state index in [1.165, 1.54) is 0 Å². The molecular formula is C8H13N3. The maximum atomic E-state index is 4.29. The molecule has 0 bridgehead atoms. The Balaban J connectivity index is 2.48. The third-order valence-corrected chi connectivity index (χ3v) is 1.58. The van der Waals surface area contributed by atoms with Gasteiger partial charge >= 0.3 is 0 Å². The van der Waals surface area contributed by atoms with Crippen LogP contribution >= 0.6 is 0 Å². The normalized spacial score (nSPS) is 14.0. The Morgan fingerprint density at radius 1 is 1.82 bits per heavy atom. The molecule has 3 heteroatoms. The van der Waals surface area contributed by atoms with E-state index < -0.39 is 0 Å². The molecule has 60 valence electrons. The molecule has 0 radical (unpaired) electrons. The van der Waals surface area contributed by atoms with Gasteiger partial charge in [0.05, 0.1) is 18.2 Å². The highest BCUT2D eigenvalue weighted by Gasteiger charge is 1.91. The van der Waals surface area contributed by atoms with Gasteiger partial charge in [-0.3, -0.25) is 4.99 Å². The van der Waals surface area contributed by atoms with Crippen LogP contribution in [0.5, 0.6) is 0 Å². The average molecular weight is 151 g/mol. The van der Waals surface area contributed by atoms with Crippen LogP contribution in [0.25, 0.3) is 0 Å². The van der Waals surface area contributed by atoms with E-state index >= 15 is 0 Å². The molecule has 1 N–H and O–H groups in total. The minimum absolute atomic E-state index is 0.401. The third kappa shape index (κ3) is 2.53. The van der Waals surface area contributed by atoms with E-state index in [2.05, 4.69) is 28.8 Å². The van der Waals surface area contributed by atoms with E-state index in [-0.39, 0.29) is 0 Å². The van der Waals surface area contributed by atoms with Crippen LogP contribution in [-0.2, 0) is 0 Å². The van der Waals surface area contributed by atoms with Crippen molar-refractivity contribution in [2.45, 2.75) is 26.3 Å². The molecule has 0 aliphatic rings. The summed E-state index contributed by atoms with van der Waals surface area (Å²) in [6, 6.07) is 0.401. The van der Waals surface area contributed by atoms with Gasteiger partial charge in [0.2, 0.25) is 0 Å². The summed E-state index contributed by atoms with van der Waals surface area (Å²) >= 11 is 0. The Bertz CT molecular complexity index is 213. The second-order valence-corrected chi connectivity index (χ2v) is 2.54. The van der Waals surface area contributed by atoms with Crippen molar-refractivity contribution in [1.29, 1.82) is 0 Å². The number of hydrogen-bond acceptors (Lipinski definition) is 2. The number of nitrogens with one attached hydrogen (secondary N) is 1. The Morgan fingerprint density at radius 3 is 3.18 bits per heavy atom. The van der Waals surface area contributed by atoms with Gasteiger partial charge in [0.25, 0.3) is 0 Å². The van der Waals surface area contributed by atoms with Crippen molar-refractivity contribution in [1.82, 2.24) is 9.97 Å². The first-order valence-corrected chi connectivity index (χ1v) is 3.84. The number of hydrogen-bond donors (Lipinski definition) is 1. The number of aromatic nitrogens is 2. The smallest absolute Gasteiger partial charge is 0.0924 e. The van der Waals surface area contributed by atoms with Gasteiger partial charge in [0.15, 0.2) is 0 Å². The highest BCUT2D eigenvalue weighted by atomic mass is 14.9. The van der Waals surface area contributed by atoms with Crippen LogP contribution in [0, 0.1) is 0 Å². The molecule has 1 aromatic rings. The SMILES string of the molecule is CCC(C)N=Cc1cnc[nH]1. The van der Waals surface area contributed by atoms with Gasteiger partial charge in [-0.2, -0.15) is 0 Å². The number of H-pyrrole nitrogens is 1. The summed E-state index contributed by atoms with van der Waals surface area (Å²) in [5.74, 6) is 0. The number of imidazole rings is 1. The molecule has 11 heavy (non-hydrogen) atoms. The van der Waals surface area contributed by atoms with E-state index in [9.17, 15) is 0 Å². The molecule has 0 fully saturated rings. The topological polar surface area (TPSA) is 41.0 Å². The zero-order chi connectivity index (χ0) is 8.10. The molecule has 0 saturated heterocycles. The standard InChI is InChI=1S/C8H13N3/c1-3-7(2)10-5-8-4-9-6-11-8/h4-7H,3H2,1-2H3,(H,9,11). The fourth-order valence-electron chi connectivity index (χ4n) is 0.650. The predicted molar refractivity (Wildman–Crippen MR) is 45.9 cm³/mol. The van der Waals surface area contributed by atoms with Crippen molar-refractivity contribution in [3.8, 4) is 0 Å². The lowest BCUT2D eigenvalue weighted by Gasteiger charge is -1.97. The molecule has 0 aliphatic heterocycles. The maximum Gasteiger partial charge on any atom is 0.0924 e. The summed E-state index contributed by atoms with van der Waals surface area (Å²) in [5, 5.41) is 0. The lowest BCUT2D eigenvalue weighted by molar-refractivity contribution is 0.720. The Morgan fingerprint density at radius 2 is 2.64 bits per heavy atom. The Labute approximate surface area is 66.6 Å². The minimum Gasteiger partial charge on any atom is -0.344 e. The van der Waals surface area contributed by atoms with Crippen LogP contribution in [-0.4, -0.2) is 22.2 Å². The van der Waals surface area contributed by atoms with E-state index in [1.54, 1.807) is 12.5 Å². The summed E-state index contributed by atoms with van der Waals surface area (Å²) in [6.45, 7) is 4.21. The molecule has 0 spiro atoms. The second-order valence-electron chi connectivity index (χ2n) is 2.54. The van der Waals surface area contributed by atoms with Gasteiger partial charge in [-0.05, 0) is 13.3 Å². The van der Waals surface area contributed by atoms with Crippen LogP contribution in [0.4, 0.5) is 0 Å². The summed E-state index contributed by atoms with van der Waals surface area (Å²) < 4.78 is 0. The van der Waals surface area contributed by atoms with Gasteiger partial charge in [-0.25, -0.2) is 4.98 Å². The van der Waals surface area contributed by atoms with Gasteiger partial charge in [0, 0.05) is 12.3 Å². The molecule has 1 heterocycles. The second kappa shape index (κ2) is 3.91. The molecule has 1 aromatic heterocycles. The predicted octanol–water partition coefficient (Wildman–Crippen LogP) is 1.63. The van der Waals surface area contributed by atoms with Crippen molar-refractivity contribution < 1.29 is 0 Å². The molecule has 3 nitrogen and oxygen atoms in total. The van der Waals surface area contributed by atoms with Gasteiger partial charge in [0.1, 0.15) is 0 Å². The molecule has 0 aliphatic carbocycles. The average Bonchev–Trinajstić information content (AvgIpc) is 2.52. The van der Waals surface area contributed by atoms with Crippen LogP contribution in [0.3, 0.4) is 0 Å². The zero-order valence-electron chi connectivity index (χ0n) is 6.91. The molecule has 0 amide bonds. The fraction of sp³-hybridized carbons (Fsp3) is 0.500. The summed E-state index contributed by atoms with van der Waals surface area (Å²) in [6.07, 6.45) is 6.30. The monoisotopic (exact) mass is 151 g/mol. The highest BCUT2D eigenvalue weighted by Crippen LogP contribution is 1.94. The molecule has 0 saturated carbocycles. The summed E-state index contributed by atoms with van der Waals surface area (Å²) in [7, 11) is 0. The molecule has 1 unspecified atom stereocenters. The van der Waals surface area contributed by atoms with Crippen LogP contribution in [0.1, 0.15) is 26.0 Å². The molecule has 1 rings (SSSR count). The fourth-order valence-corrected chi connectivity index (χ4v) is 0.650. The van der Waals surface area contributed by atoms with Crippen molar-refractivity contribution in [2.24, 2.45) is 4.99 Å². The number of aliphatic imine (C=N–C) groups is 1. The molecule has 1 atom stereocenters. The van der Waals surface area contributed by atoms with E-state index in [4.69, 9.17) is 0 Å². The number of aromatic amines is 1. The quantitative estimate of drug-likeness (QED) is 0.655.